The third-order valence-corrected chi connectivity index (χ3v) is 2.80. The van der Waals surface area contributed by atoms with Gasteiger partial charge in [-0.15, -0.1) is 0 Å². The van der Waals surface area contributed by atoms with E-state index in [-0.39, 0.29) is 5.82 Å². The molecule has 1 N–H and O–H groups in total. The third kappa shape index (κ3) is 1.89. The number of benzene rings is 1. The average Bonchev–Trinajstić information content (AvgIpc) is 2.68. The summed E-state index contributed by atoms with van der Waals surface area (Å²) in [4.78, 5) is 7.17. The normalized spacial score (nSPS) is 10.9. The molecule has 0 atom stereocenters. The van der Waals surface area contributed by atoms with E-state index in [0.717, 1.165) is 22.2 Å². The molecule has 3 rings (SSSR count). The van der Waals surface area contributed by atoms with E-state index in [2.05, 4.69) is 9.97 Å². The van der Waals surface area contributed by atoms with E-state index >= 15 is 0 Å². The van der Waals surface area contributed by atoms with Crippen LogP contribution in [0.5, 0.6) is 0 Å². The first-order valence-electron chi connectivity index (χ1n) is 5.12. The van der Waals surface area contributed by atoms with Crippen molar-refractivity contribution in [3.8, 4) is 11.1 Å². The molecule has 84 valence electrons. The van der Waals surface area contributed by atoms with Crippen LogP contribution in [0.15, 0.2) is 42.6 Å². The molecule has 0 radical (unpaired) electrons. The fourth-order valence-corrected chi connectivity index (χ4v) is 2.01. The van der Waals surface area contributed by atoms with E-state index in [1.165, 1.54) is 12.1 Å². The molecule has 0 saturated heterocycles. The van der Waals surface area contributed by atoms with Crippen molar-refractivity contribution in [2.75, 3.05) is 0 Å². The van der Waals surface area contributed by atoms with Crippen molar-refractivity contribution in [2.45, 2.75) is 0 Å². The number of hydrogen-bond donors (Lipinski definition) is 1. The minimum atomic E-state index is -0.255. The SMILES string of the molecule is Fc1cccc(-c2cnc3[nH]c(Cl)cc3c2)c1. The van der Waals surface area contributed by atoms with E-state index in [4.69, 9.17) is 11.6 Å². The number of aromatic amines is 1. The molecule has 0 unspecified atom stereocenters. The minimum absolute atomic E-state index is 0.255. The Balaban J connectivity index is 2.17. The second kappa shape index (κ2) is 3.86. The highest BCUT2D eigenvalue weighted by molar-refractivity contribution is 6.30. The first kappa shape index (κ1) is 10.3. The second-order valence-corrected chi connectivity index (χ2v) is 4.20. The standard InChI is InChI=1S/C13H8ClFN2/c14-12-6-9-4-10(7-16-13(9)17-12)8-2-1-3-11(15)5-8/h1-7H,(H,16,17). The van der Waals surface area contributed by atoms with Crippen molar-refractivity contribution in [2.24, 2.45) is 0 Å². The van der Waals surface area contributed by atoms with Crippen LogP contribution in [-0.4, -0.2) is 9.97 Å². The maximum absolute atomic E-state index is 13.1. The van der Waals surface area contributed by atoms with Crippen molar-refractivity contribution >= 4 is 22.6 Å². The Morgan fingerprint density at radius 1 is 1.12 bits per heavy atom. The summed E-state index contributed by atoms with van der Waals surface area (Å²) in [6.45, 7) is 0. The molecule has 2 heterocycles. The lowest BCUT2D eigenvalue weighted by atomic mass is 10.1. The molecule has 0 aliphatic rings. The lowest BCUT2D eigenvalue weighted by molar-refractivity contribution is 0.628. The van der Waals surface area contributed by atoms with Crippen LogP contribution in [0, 0.1) is 5.82 Å². The van der Waals surface area contributed by atoms with Gasteiger partial charge in [0.25, 0.3) is 0 Å². The first-order valence-corrected chi connectivity index (χ1v) is 5.50. The van der Waals surface area contributed by atoms with Gasteiger partial charge in [-0.2, -0.15) is 0 Å². The van der Waals surface area contributed by atoms with Crippen LogP contribution in [0.3, 0.4) is 0 Å². The van der Waals surface area contributed by atoms with Crippen LogP contribution < -0.4 is 0 Å². The van der Waals surface area contributed by atoms with Crippen LogP contribution in [0.4, 0.5) is 4.39 Å². The molecule has 2 aromatic heterocycles. The van der Waals surface area contributed by atoms with Crippen molar-refractivity contribution in [3.63, 3.8) is 0 Å². The van der Waals surface area contributed by atoms with E-state index in [1.54, 1.807) is 18.3 Å². The number of aromatic nitrogens is 2. The van der Waals surface area contributed by atoms with Gasteiger partial charge in [-0.3, -0.25) is 0 Å². The molecule has 0 saturated carbocycles. The molecule has 0 aliphatic heterocycles. The molecular weight excluding hydrogens is 239 g/mol. The highest BCUT2D eigenvalue weighted by Crippen LogP contribution is 2.24. The maximum Gasteiger partial charge on any atom is 0.138 e. The Kier molecular flexibility index (Phi) is 2.34. The van der Waals surface area contributed by atoms with Gasteiger partial charge >= 0.3 is 0 Å². The fourth-order valence-electron chi connectivity index (χ4n) is 1.81. The number of H-pyrrole nitrogens is 1. The van der Waals surface area contributed by atoms with Gasteiger partial charge in [0, 0.05) is 17.1 Å². The van der Waals surface area contributed by atoms with Crippen molar-refractivity contribution in [1.29, 1.82) is 0 Å². The van der Waals surface area contributed by atoms with Gasteiger partial charge in [-0.1, -0.05) is 23.7 Å². The van der Waals surface area contributed by atoms with Crippen molar-refractivity contribution in [1.82, 2.24) is 9.97 Å². The van der Waals surface area contributed by atoms with E-state index < -0.39 is 0 Å². The first-order chi connectivity index (χ1) is 8.22. The Hall–Kier alpha value is -1.87. The van der Waals surface area contributed by atoms with Crippen LogP contribution >= 0.6 is 11.6 Å². The molecule has 17 heavy (non-hydrogen) atoms. The fraction of sp³-hybridized carbons (Fsp3) is 0. The molecule has 0 bridgehead atoms. The molecule has 0 amide bonds. The molecule has 0 aliphatic carbocycles. The maximum atomic E-state index is 13.1. The van der Waals surface area contributed by atoms with Gasteiger partial charge in [-0.05, 0) is 29.8 Å². The molecule has 2 nitrogen and oxygen atoms in total. The number of nitrogens with one attached hydrogen (secondary N) is 1. The highest BCUT2D eigenvalue weighted by Gasteiger charge is 2.04. The molecule has 3 aromatic rings. The Labute approximate surface area is 102 Å². The molecule has 4 heteroatoms. The van der Waals surface area contributed by atoms with Gasteiger partial charge in [0.05, 0.1) is 0 Å². The lowest BCUT2D eigenvalue weighted by Crippen LogP contribution is -1.82. The zero-order valence-corrected chi connectivity index (χ0v) is 9.50. The number of hydrogen-bond acceptors (Lipinski definition) is 1. The predicted molar refractivity (Wildman–Crippen MR) is 66.5 cm³/mol. The smallest absolute Gasteiger partial charge is 0.138 e. The van der Waals surface area contributed by atoms with Gasteiger partial charge in [-0.25, -0.2) is 9.37 Å². The van der Waals surface area contributed by atoms with Crippen LogP contribution in [0.1, 0.15) is 0 Å². The van der Waals surface area contributed by atoms with E-state index in [9.17, 15) is 4.39 Å². The summed E-state index contributed by atoms with van der Waals surface area (Å²) in [5.41, 5.74) is 2.40. The van der Waals surface area contributed by atoms with Crippen LogP contribution in [0.25, 0.3) is 22.2 Å². The van der Waals surface area contributed by atoms with Crippen LogP contribution in [0.2, 0.25) is 5.15 Å². The van der Waals surface area contributed by atoms with E-state index in [0.29, 0.717) is 5.15 Å². The summed E-state index contributed by atoms with van der Waals surface area (Å²) in [5.74, 6) is -0.255. The van der Waals surface area contributed by atoms with Gasteiger partial charge in [0.2, 0.25) is 0 Å². The van der Waals surface area contributed by atoms with Gasteiger partial charge in [0.1, 0.15) is 16.6 Å². The average molecular weight is 247 g/mol. The number of rotatable bonds is 1. The summed E-state index contributed by atoms with van der Waals surface area (Å²) in [5, 5.41) is 1.46. The van der Waals surface area contributed by atoms with Gasteiger partial charge < -0.3 is 4.98 Å². The molecule has 0 fully saturated rings. The quantitative estimate of drug-likeness (QED) is 0.690. The number of nitrogens with zero attached hydrogens (tertiary/aromatic N) is 1. The topological polar surface area (TPSA) is 28.7 Å². The number of fused-ring (bicyclic) bond motifs is 1. The summed E-state index contributed by atoms with van der Waals surface area (Å²) in [6, 6.07) is 10.2. The van der Waals surface area contributed by atoms with Crippen molar-refractivity contribution in [3.05, 3.63) is 53.6 Å². The Bertz CT molecular complexity index is 691. The second-order valence-electron chi connectivity index (χ2n) is 3.79. The number of halogens is 2. The Morgan fingerprint density at radius 3 is 2.82 bits per heavy atom. The number of pyridine rings is 1. The zero-order valence-electron chi connectivity index (χ0n) is 8.74. The lowest BCUT2D eigenvalue weighted by Gasteiger charge is -2.01. The molecule has 1 aromatic carbocycles. The monoisotopic (exact) mass is 246 g/mol. The molecule has 0 spiro atoms. The van der Waals surface area contributed by atoms with Crippen LogP contribution in [-0.2, 0) is 0 Å². The Morgan fingerprint density at radius 2 is 2.00 bits per heavy atom. The zero-order chi connectivity index (χ0) is 11.8. The third-order valence-electron chi connectivity index (χ3n) is 2.60. The molecular formula is C13H8ClFN2. The van der Waals surface area contributed by atoms with Gasteiger partial charge in [0.15, 0.2) is 0 Å². The minimum Gasteiger partial charge on any atom is -0.330 e. The van der Waals surface area contributed by atoms with E-state index in [1.807, 2.05) is 12.1 Å². The summed E-state index contributed by atoms with van der Waals surface area (Å²) in [6.07, 6.45) is 1.70. The predicted octanol–water partition coefficient (Wildman–Crippen LogP) is 4.02. The summed E-state index contributed by atoms with van der Waals surface area (Å²) < 4.78 is 13.1. The highest BCUT2D eigenvalue weighted by atomic mass is 35.5. The largest absolute Gasteiger partial charge is 0.330 e. The summed E-state index contributed by atoms with van der Waals surface area (Å²) >= 11 is 5.85. The van der Waals surface area contributed by atoms with Crippen molar-refractivity contribution < 1.29 is 4.39 Å². The summed E-state index contributed by atoms with van der Waals surface area (Å²) in [7, 11) is 0.